The lowest BCUT2D eigenvalue weighted by Gasteiger charge is -2.32. The molecule has 29 heavy (non-hydrogen) atoms. The SMILES string of the molecule is O=C1c2[nH]c3ccc(Cl)cc3c2CN1CCC1CCN(Cc2ccccc2)CC1. The van der Waals surface area contributed by atoms with Gasteiger partial charge < -0.3 is 9.88 Å². The van der Waals surface area contributed by atoms with Crippen molar-refractivity contribution in [2.45, 2.75) is 32.4 Å². The number of hydrogen-bond donors (Lipinski definition) is 1. The van der Waals surface area contributed by atoms with Crippen LogP contribution in [0.2, 0.25) is 5.02 Å². The van der Waals surface area contributed by atoms with Gasteiger partial charge in [-0.2, -0.15) is 0 Å². The molecule has 2 aliphatic heterocycles. The van der Waals surface area contributed by atoms with Crippen LogP contribution < -0.4 is 0 Å². The molecule has 2 aromatic carbocycles. The van der Waals surface area contributed by atoms with Crippen molar-refractivity contribution in [3.05, 3.63) is 70.4 Å². The fraction of sp³-hybridized carbons (Fsp3) is 0.375. The molecule has 0 radical (unpaired) electrons. The van der Waals surface area contributed by atoms with Gasteiger partial charge in [0.15, 0.2) is 0 Å². The van der Waals surface area contributed by atoms with Crippen molar-refractivity contribution >= 4 is 28.4 Å². The van der Waals surface area contributed by atoms with Crippen LogP contribution in [0.4, 0.5) is 0 Å². The molecule has 2 aliphatic rings. The normalized spacial score (nSPS) is 18.0. The number of piperidine rings is 1. The van der Waals surface area contributed by atoms with E-state index in [0.29, 0.717) is 17.5 Å². The molecular formula is C24H26ClN3O. The molecule has 1 amide bonds. The van der Waals surface area contributed by atoms with Gasteiger partial charge in [-0.3, -0.25) is 9.69 Å². The number of H-pyrrole nitrogens is 1. The van der Waals surface area contributed by atoms with Crippen molar-refractivity contribution in [3.8, 4) is 0 Å². The van der Waals surface area contributed by atoms with E-state index < -0.39 is 0 Å². The summed E-state index contributed by atoms with van der Waals surface area (Å²) in [5.41, 5.74) is 4.24. The second-order valence-corrected chi connectivity index (χ2v) is 8.83. The summed E-state index contributed by atoms with van der Waals surface area (Å²) in [4.78, 5) is 20.7. The van der Waals surface area contributed by atoms with Gasteiger partial charge in [-0.05, 0) is 62.0 Å². The smallest absolute Gasteiger partial charge is 0.270 e. The van der Waals surface area contributed by atoms with Gasteiger partial charge >= 0.3 is 0 Å². The first-order chi connectivity index (χ1) is 14.2. The number of benzene rings is 2. The lowest BCUT2D eigenvalue weighted by atomic mass is 9.93. The molecule has 5 heteroatoms. The van der Waals surface area contributed by atoms with E-state index in [1.54, 1.807) is 0 Å². The number of fused-ring (bicyclic) bond motifs is 3. The van der Waals surface area contributed by atoms with Gasteiger partial charge in [0.25, 0.3) is 5.91 Å². The van der Waals surface area contributed by atoms with Crippen LogP contribution in [0, 0.1) is 5.92 Å². The van der Waals surface area contributed by atoms with Crippen LogP contribution in [0.15, 0.2) is 48.5 Å². The zero-order chi connectivity index (χ0) is 19.8. The Labute approximate surface area is 176 Å². The number of halogens is 1. The van der Waals surface area contributed by atoms with Gasteiger partial charge in [0.2, 0.25) is 0 Å². The number of likely N-dealkylation sites (tertiary alicyclic amines) is 1. The molecule has 1 saturated heterocycles. The zero-order valence-electron chi connectivity index (χ0n) is 16.5. The van der Waals surface area contributed by atoms with E-state index in [0.717, 1.165) is 54.8 Å². The molecule has 1 N–H and O–H groups in total. The van der Waals surface area contributed by atoms with Crippen molar-refractivity contribution < 1.29 is 4.79 Å². The minimum atomic E-state index is 0.133. The third kappa shape index (κ3) is 3.79. The Bertz CT molecular complexity index is 1020. The Morgan fingerprint density at radius 2 is 1.86 bits per heavy atom. The van der Waals surface area contributed by atoms with E-state index in [9.17, 15) is 4.79 Å². The van der Waals surface area contributed by atoms with Crippen molar-refractivity contribution in [1.29, 1.82) is 0 Å². The van der Waals surface area contributed by atoms with Gasteiger partial charge in [-0.15, -0.1) is 0 Å². The minimum Gasteiger partial charge on any atom is -0.350 e. The molecule has 4 nitrogen and oxygen atoms in total. The van der Waals surface area contributed by atoms with Gasteiger partial charge in [-0.1, -0.05) is 41.9 Å². The van der Waals surface area contributed by atoms with E-state index in [4.69, 9.17) is 11.6 Å². The Morgan fingerprint density at radius 3 is 2.66 bits per heavy atom. The maximum Gasteiger partial charge on any atom is 0.270 e. The number of carbonyl (C=O) groups excluding carboxylic acids is 1. The van der Waals surface area contributed by atoms with Crippen LogP contribution in [-0.4, -0.2) is 40.3 Å². The highest BCUT2D eigenvalue weighted by Gasteiger charge is 2.31. The highest BCUT2D eigenvalue weighted by atomic mass is 35.5. The van der Waals surface area contributed by atoms with Crippen LogP contribution in [-0.2, 0) is 13.1 Å². The summed E-state index contributed by atoms with van der Waals surface area (Å²) in [7, 11) is 0. The fourth-order valence-electron chi connectivity index (χ4n) is 4.78. The number of nitrogens with zero attached hydrogens (tertiary/aromatic N) is 2. The highest BCUT2D eigenvalue weighted by molar-refractivity contribution is 6.31. The standard InChI is InChI=1S/C24H26ClN3O/c25-19-6-7-22-20(14-19)21-16-28(24(29)23(21)26-22)13-10-17-8-11-27(12-9-17)15-18-4-2-1-3-5-18/h1-7,14,17,26H,8-13,15-16H2. The topological polar surface area (TPSA) is 39.3 Å². The molecule has 1 aromatic heterocycles. The van der Waals surface area contributed by atoms with Crippen LogP contribution in [0.5, 0.6) is 0 Å². The summed E-state index contributed by atoms with van der Waals surface area (Å²) in [5, 5.41) is 1.80. The quantitative estimate of drug-likeness (QED) is 0.640. The Hall–Kier alpha value is -2.30. The Balaban J connectivity index is 1.14. The van der Waals surface area contributed by atoms with E-state index in [1.165, 1.54) is 18.4 Å². The van der Waals surface area contributed by atoms with E-state index in [-0.39, 0.29) is 5.91 Å². The molecule has 5 rings (SSSR count). The highest BCUT2D eigenvalue weighted by Crippen LogP contribution is 2.32. The number of carbonyl (C=O) groups is 1. The number of rotatable bonds is 5. The molecule has 0 unspecified atom stereocenters. The summed E-state index contributed by atoms with van der Waals surface area (Å²) in [6.45, 7) is 4.88. The molecule has 150 valence electrons. The first-order valence-electron chi connectivity index (χ1n) is 10.5. The van der Waals surface area contributed by atoms with E-state index in [1.807, 2.05) is 23.1 Å². The maximum absolute atomic E-state index is 12.8. The molecule has 3 aromatic rings. The molecule has 3 heterocycles. The summed E-state index contributed by atoms with van der Waals surface area (Å²) < 4.78 is 0. The van der Waals surface area contributed by atoms with Gasteiger partial charge in [0.1, 0.15) is 5.69 Å². The van der Waals surface area contributed by atoms with Crippen LogP contribution in [0.25, 0.3) is 10.9 Å². The number of nitrogens with one attached hydrogen (secondary N) is 1. The van der Waals surface area contributed by atoms with Gasteiger partial charge in [-0.25, -0.2) is 0 Å². The van der Waals surface area contributed by atoms with Gasteiger partial charge in [0, 0.05) is 41.1 Å². The summed E-state index contributed by atoms with van der Waals surface area (Å²) in [6.07, 6.45) is 3.53. The summed E-state index contributed by atoms with van der Waals surface area (Å²) in [5.74, 6) is 0.841. The molecule has 0 spiro atoms. The first kappa shape index (κ1) is 18.7. The molecule has 0 bridgehead atoms. The second-order valence-electron chi connectivity index (χ2n) is 8.39. The third-order valence-electron chi connectivity index (χ3n) is 6.48. The van der Waals surface area contributed by atoms with Crippen molar-refractivity contribution in [3.63, 3.8) is 0 Å². The molecule has 1 fully saturated rings. The molecule has 0 saturated carbocycles. The predicted octanol–water partition coefficient (Wildman–Crippen LogP) is 5.08. The Morgan fingerprint density at radius 1 is 1.07 bits per heavy atom. The summed E-state index contributed by atoms with van der Waals surface area (Å²) >= 11 is 6.16. The maximum atomic E-state index is 12.8. The lowest BCUT2D eigenvalue weighted by molar-refractivity contribution is 0.0753. The van der Waals surface area contributed by atoms with Crippen LogP contribution in [0.3, 0.4) is 0 Å². The van der Waals surface area contributed by atoms with Crippen LogP contribution >= 0.6 is 11.6 Å². The zero-order valence-corrected chi connectivity index (χ0v) is 17.3. The molecular weight excluding hydrogens is 382 g/mol. The first-order valence-corrected chi connectivity index (χ1v) is 10.9. The van der Waals surface area contributed by atoms with E-state index in [2.05, 4.69) is 40.2 Å². The van der Waals surface area contributed by atoms with Gasteiger partial charge in [0.05, 0.1) is 0 Å². The third-order valence-corrected chi connectivity index (χ3v) is 6.72. The predicted molar refractivity (Wildman–Crippen MR) is 117 cm³/mol. The number of hydrogen-bond acceptors (Lipinski definition) is 2. The van der Waals surface area contributed by atoms with E-state index >= 15 is 0 Å². The van der Waals surface area contributed by atoms with Crippen molar-refractivity contribution in [1.82, 2.24) is 14.8 Å². The average molecular weight is 408 g/mol. The Kier molecular flexibility index (Phi) is 5.06. The largest absolute Gasteiger partial charge is 0.350 e. The number of aromatic nitrogens is 1. The monoisotopic (exact) mass is 407 g/mol. The molecule has 0 aliphatic carbocycles. The number of aromatic amines is 1. The lowest BCUT2D eigenvalue weighted by Crippen LogP contribution is -2.35. The summed E-state index contributed by atoms with van der Waals surface area (Å²) in [6, 6.07) is 16.5. The minimum absolute atomic E-state index is 0.133. The number of amides is 1. The van der Waals surface area contributed by atoms with Crippen molar-refractivity contribution in [2.24, 2.45) is 5.92 Å². The molecule has 0 atom stereocenters. The van der Waals surface area contributed by atoms with Crippen LogP contribution in [0.1, 0.15) is 40.9 Å². The van der Waals surface area contributed by atoms with Crippen molar-refractivity contribution in [2.75, 3.05) is 19.6 Å². The average Bonchev–Trinajstić information content (AvgIpc) is 3.24. The second kappa shape index (κ2) is 7.85. The fourth-order valence-corrected chi connectivity index (χ4v) is 4.95.